The Morgan fingerprint density at radius 3 is 3.00 bits per heavy atom. The highest BCUT2D eigenvalue weighted by Gasteiger charge is 2.13. The summed E-state index contributed by atoms with van der Waals surface area (Å²) < 4.78 is 16.3. The first-order valence-corrected chi connectivity index (χ1v) is 7.06. The second-order valence-corrected chi connectivity index (χ2v) is 4.77. The van der Waals surface area contributed by atoms with Gasteiger partial charge in [0, 0.05) is 24.5 Å². The SMILES string of the molecule is CCCNc1ccnc(COc2ccc3c(c2)OCO3)c1. The van der Waals surface area contributed by atoms with Gasteiger partial charge >= 0.3 is 0 Å². The quantitative estimate of drug-likeness (QED) is 0.883. The molecule has 110 valence electrons. The van der Waals surface area contributed by atoms with Crippen LogP contribution in [0.4, 0.5) is 5.69 Å². The summed E-state index contributed by atoms with van der Waals surface area (Å²) in [5.41, 5.74) is 1.95. The van der Waals surface area contributed by atoms with Crippen molar-refractivity contribution in [2.75, 3.05) is 18.7 Å². The van der Waals surface area contributed by atoms with Gasteiger partial charge in [-0.3, -0.25) is 4.98 Å². The van der Waals surface area contributed by atoms with Crippen LogP contribution in [0.2, 0.25) is 0 Å². The van der Waals surface area contributed by atoms with Gasteiger partial charge in [0.1, 0.15) is 12.4 Å². The van der Waals surface area contributed by atoms with Crippen molar-refractivity contribution in [2.45, 2.75) is 20.0 Å². The second kappa shape index (κ2) is 6.35. The van der Waals surface area contributed by atoms with E-state index in [4.69, 9.17) is 14.2 Å². The standard InChI is InChI=1S/C16H18N2O3/c1-2-6-17-12-5-7-18-13(8-12)10-19-14-3-4-15-16(9-14)21-11-20-15/h3-5,7-9H,2,6,10-11H2,1H3,(H,17,18). The van der Waals surface area contributed by atoms with Crippen LogP contribution in [0.15, 0.2) is 36.5 Å². The molecule has 1 N–H and O–H groups in total. The number of rotatable bonds is 6. The Labute approximate surface area is 123 Å². The van der Waals surface area contributed by atoms with E-state index < -0.39 is 0 Å². The van der Waals surface area contributed by atoms with Gasteiger partial charge in [0.2, 0.25) is 6.79 Å². The van der Waals surface area contributed by atoms with Crippen molar-refractivity contribution >= 4 is 5.69 Å². The number of fused-ring (bicyclic) bond motifs is 1. The van der Waals surface area contributed by atoms with E-state index in [2.05, 4.69) is 17.2 Å². The number of ether oxygens (including phenoxy) is 3. The van der Waals surface area contributed by atoms with Gasteiger partial charge in [0.05, 0.1) is 5.69 Å². The van der Waals surface area contributed by atoms with E-state index in [0.717, 1.165) is 41.6 Å². The predicted octanol–water partition coefficient (Wildman–Crippen LogP) is 3.21. The number of hydrogen-bond donors (Lipinski definition) is 1. The third-order valence-corrected chi connectivity index (χ3v) is 3.13. The molecule has 3 rings (SSSR count). The van der Waals surface area contributed by atoms with Crippen molar-refractivity contribution in [2.24, 2.45) is 0 Å². The number of hydrogen-bond acceptors (Lipinski definition) is 5. The molecule has 0 unspecified atom stereocenters. The Morgan fingerprint density at radius 2 is 2.10 bits per heavy atom. The molecule has 5 nitrogen and oxygen atoms in total. The highest BCUT2D eigenvalue weighted by molar-refractivity contribution is 5.47. The lowest BCUT2D eigenvalue weighted by atomic mass is 10.3. The molecular formula is C16H18N2O3. The third-order valence-electron chi connectivity index (χ3n) is 3.13. The van der Waals surface area contributed by atoms with Crippen molar-refractivity contribution in [3.05, 3.63) is 42.2 Å². The average molecular weight is 286 g/mol. The summed E-state index contributed by atoms with van der Waals surface area (Å²) in [4.78, 5) is 4.31. The van der Waals surface area contributed by atoms with E-state index >= 15 is 0 Å². The number of nitrogens with zero attached hydrogens (tertiary/aromatic N) is 1. The normalized spacial score (nSPS) is 12.2. The molecule has 0 radical (unpaired) electrons. The number of pyridine rings is 1. The molecule has 1 aliphatic rings. The van der Waals surface area contributed by atoms with Gasteiger partial charge in [0.25, 0.3) is 0 Å². The lowest BCUT2D eigenvalue weighted by Crippen LogP contribution is -2.03. The van der Waals surface area contributed by atoms with Crippen molar-refractivity contribution < 1.29 is 14.2 Å². The van der Waals surface area contributed by atoms with Crippen molar-refractivity contribution in [3.63, 3.8) is 0 Å². The Balaban J connectivity index is 1.62. The molecule has 0 bridgehead atoms. The summed E-state index contributed by atoms with van der Waals surface area (Å²) in [7, 11) is 0. The monoisotopic (exact) mass is 286 g/mol. The van der Waals surface area contributed by atoms with E-state index in [-0.39, 0.29) is 6.79 Å². The van der Waals surface area contributed by atoms with E-state index in [0.29, 0.717) is 6.61 Å². The van der Waals surface area contributed by atoms with Gasteiger partial charge in [-0.1, -0.05) is 6.92 Å². The molecule has 0 saturated carbocycles. The largest absolute Gasteiger partial charge is 0.487 e. The molecule has 2 aromatic rings. The molecule has 0 amide bonds. The van der Waals surface area contributed by atoms with Crippen molar-refractivity contribution in [1.82, 2.24) is 4.98 Å². The summed E-state index contributed by atoms with van der Waals surface area (Å²) in [5, 5.41) is 3.33. The van der Waals surface area contributed by atoms with Gasteiger partial charge in [0.15, 0.2) is 11.5 Å². The van der Waals surface area contributed by atoms with Gasteiger partial charge in [-0.15, -0.1) is 0 Å². The molecule has 0 aliphatic carbocycles. The van der Waals surface area contributed by atoms with E-state index in [1.165, 1.54) is 0 Å². The fourth-order valence-electron chi connectivity index (χ4n) is 2.06. The molecule has 1 aliphatic heterocycles. The maximum absolute atomic E-state index is 5.75. The average Bonchev–Trinajstić information content (AvgIpc) is 2.99. The first-order chi connectivity index (χ1) is 10.3. The molecule has 0 fully saturated rings. The number of anilines is 1. The van der Waals surface area contributed by atoms with Crippen LogP contribution in [0.25, 0.3) is 0 Å². The van der Waals surface area contributed by atoms with Crippen LogP contribution < -0.4 is 19.5 Å². The van der Waals surface area contributed by atoms with Gasteiger partial charge in [-0.2, -0.15) is 0 Å². The van der Waals surface area contributed by atoms with Gasteiger partial charge in [-0.05, 0) is 30.7 Å². The van der Waals surface area contributed by atoms with Crippen LogP contribution in [0, 0.1) is 0 Å². The third kappa shape index (κ3) is 3.37. The topological polar surface area (TPSA) is 52.6 Å². The van der Waals surface area contributed by atoms with Gasteiger partial charge < -0.3 is 19.5 Å². The van der Waals surface area contributed by atoms with Crippen LogP contribution >= 0.6 is 0 Å². The lowest BCUT2D eigenvalue weighted by Gasteiger charge is -2.09. The Hall–Kier alpha value is -2.43. The Morgan fingerprint density at radius 1 is 1.19 bits per heavy atom. The summed E-state index contributed by atoms with van der Waals surface area (Å²) in [6.07, 6.45) is 2.88. The zero-order chi connectivity index (χ0) is 14.5. The van der Waals surface area contributed by atoms with Crippen LogP contribution in [0.3, 0.4) is 0 Å². The second-order valence-electron chi connectivity index (χ2n) is 4.77. The van der Waals surface area contributed by atoms with Crippen LogP contribution in [-0.4, -0.2) is 18.3 Å². The minimum atomic E-state index is 0.269. The highest BCUT2D eigenvalue weighted by atomic mass is 16.7. The highest BCUT2D eigenvalue weighted by Crippen LogP contribution is 2.35. The van der Waals surface area contributed by atoms with Crippen LogP contribution in [-0.2, 0) is 6.61 Å². The van der Waals surface area contributed by atoms with E-state index in [1.54, 1.807) is 6.20 Å². The molecule has 0 saturated heterocycles. The summed E-state index contributed by atoms with van der Waals surface area (Å²) in [5.74, 6) is 2.22. The van der Waals surface area contributed by atoms with Crippen LogP contribution in [0.5, 0.6) is 17.2 Å². The maximum Gasteiger partial charge on any atom is 0.231 e. The molecular weight excluding hydrogens is 268 g/mol. The van der Waals surface area contributed by atoms with Crippen molar-refractivity contribution in [1.29, 1.82) is 0 Å². The smallest absolute Gasteiger partial charge is 0.231 e. The fourth-order valence-corrected chi connectivity index (χ4v) is 2.06. The summed E-state index contributed by atoms with van der Waals surface area (Å²) in [6.45, 7) is 3.77. The van der Waals surface area contributed by atoms with Gasteiger partial charge in [-0.25, -0.2) is 0 Å². The molecule has 21 heavy (non-hydrogen) atoms. The number of aromatic nitrogens is 1. The minimum Gasteiger partial charge on any atom is -0.487 e. The molecule has 5 heteroatoms. The fraction of sp³-hybridized carbons (Fsp3) is 0.312. The minimum absolute atomic E-state index is 0.269. The maximum atomic E-state index is 5.75. The van der Waals surface area contributed by atoms with Crippen molar-refractivity contribution in [3.8, 4) is 17.2 Å². The summed E-state index contributed by atoms with van der Waals surface area (Å²) >= 11 is 0. The first kappa shape index (κ1) is 13.5. The first-order valence-electron chi connectivity index (χ1n) is 7.06. The van der Waals surface area contributed by atoms with E-state index in [1.807, 2.05) is 30.3 Å². The molecule has 0 spiro atoms. The molecule has 2 heterocycles. The number of nitrogens with one attached hydrogen (secondary N) is 1. The molecule has 0 atom stereocenters. The van der Waals surface area contributed by atoms with Crippen LogP contribution in [0.1, 0.15) is 19.0 Å². The Kier molecular flexibility index (Phi) is 4.09. The Bertz CT molecular complexity index is 616. The molecule has 1 aromatic heterocycles. The lowest BCUT2D eigenvalue weighted by molar-refractivity contribution is 0.173. The van der Waals surface area contributed by atoms with E-state index in [9.17, 15) is 0 Å². The summed E-state index contributed by atoms with van der Waals surface area (Å²) in [6, 6.07) is 9.51. The predicted molar refractivity (Wildman–Crippen MR) is 79.9 cm³/mol. The zero-order valence-electron chi connectivity index (χ0n) is 12.0. The number of benzene rings is 1. The zero-order valence-corrected chi connectivity index (χ0v) is 12.0. The molecule has 1 aromatic carbocycles.